The van der Waals surface area contributed by atoms with Gasteiger partial charge in [0, 0.05) is 11.0 Å². The predicted octanol–water partition coefficient (Wildman–Crippen LogP) is 4.20. The van der Waals surface area contributed by atoms with Gasteiger partial charge in [-0.1, -0.05) is 12.1 Å². The first kappa shape index (κ1) is 14.5. The van der Waals surface area contributed by atoms with Gasteiger partial charge in [-0.2, -0.15) is 18.2 Å². The third-order valence-electron chi connectivity index (χ3n) is 2.43. The summed E-state index contributed by atoms with van der Waals surface area (Å²) in [6.07, 6.45) is -2.65. The molecule has 0 aliphatic heterocycles. The number of anilines is 1. The molecule has 0 saturated carbocycles. The van der Waals surface area contributed by atoms with Crippen molar-refractivity contribution in [3.63, 3.8) is 0 Å². The molecule has 2 N–H and O–H groups in total. The summed E-state index contributed by atoms with van der Waals surface area (Å²) in [7, 11) is 0. The van der Waals surface area contributed by atoms with Gasteiger partial charge in [-0.25, -0.2) is 0 Å². The highest BCUT2D eigenvalue weighted by atomic mass is 32.2. The maximum absolute atomic E-state index is 12.7. The molecule has 0 fully saturated rings. The van der Waals surface area contributed by atoms with Crippen LogP contribution in [0.4, 0.5) is 19.0 Å². The Balaban J connectivity index is 2.36. The van der Waals surface area contributed by atoms with Crippen LogP contribution in [0, 0.1) is 0 Å². The Labute approximate surface area is 118 Å². The topological polar surface area (TPSA) is 48.1 Å². The minimum Gasteiger partial charge on any atom is -0.438 e. The molecule has 1 heterocycles. The average Bonchev–Trinajstić information content (AvgIpc) is 2.37. The highest BCUT2D eigenvalue weighted by Gasteiger charge is 2.31. The van der Waals surface area contributed by atoms with Gasteiger partial charge in [-0.15, -0.1) is 11.8 Å². The number of pyridine rings is 1. The van der Waals surface area contributed by atoms with Crippen LogP contribution >= 0.6 is 11.8 Å². The molecule has 0 amide bonds. The summed E-state index contributed by atoms with van der Waals surface area (Å²) in [5.74, 6) is 0.0153. The van der Waals surface area contributed by atoms with E-state index in [9.17, 15) is 13.2 Å². The molecule has 0 spiro atoms. The van der Waals surface area contributed by atoms with Gasteiger partial charge in [0.05, 0.1) is 5.56 Å². The number of hydrogen-bond acceptors (Lipinski definition) is 4. The van der Waals surface area contributed by atoms with E-state index in [0.29, 0.717) is 5.75 Å². The van der Waals surface area contributed by atoms with Crippen molar-refractivity contribution in [2.45, 2.75) is 11.1 Å². The Morgan fingerprint density at radius 3 is 2.55 bits per heavy atom. The molecule has 0 radical (unpaired) electrons. The second-order valence-corrected chi connectivity index (χ2v) is 4.72. The van der Waals surface area contributed by atoms with Crippen molar-refractivity contribution in [2.24, 2.45) is 0 Å². The van der Waals surface area contributed by atoms with Crippen LogP contribution in [0.25, 0.3) is 0 Å². The molecule has 0 aliphatic carbocycles. The number of hydrogen-bond donors (Lipinski definition) is 1. The van der Waals surface area contributed by atoms with Crippen molar-refractivity contribution in [1.29, 1.82) is 0 Å². The maximum Gasteiger partial charge on any atom is 0.416 e. The van der Waals surface area contributed by atoms with E-state index < -0.39 is 11.7 Å². The number of nitrogens with zero attached hydrogens (tertiary/aromatic N) is 1. The lowest BCUT2D eigenvalue weighted by molar-refractivity contribution is -0.137. The van der Waals surface area contributed by atoms with Gasteiger partial charge < -0.3 is 10.5 Å². The van der Waals surface area contributed by atoms with Crippen LogP contribution in [-0.4, -0.2) is 11.2 Å². The van der Waals surface area contributed by atoms with E-state index in [1.165, 1.54) is 11.8 Å². The third kappa shape index (κ3) is 3.36. The van der Waals surface area contributed by atoms with E-state index in [2.05, 4.69) is 4.98 Å². The largest absolute Gasteiger partial charge is 0.438 e. The van der Waals surface area contributed by atoms with Crippen LogP contribution in [-0.2, 0) is 6.18 Å². The summed E-state index contributed by atoms with van der Waals surface area (Å²) >= 11 is 1.42. The number of alkyl halides is 3. The number of halogens is 3. The van der Waals surface area contributed by atoms with Gasteiger partial charge in [0.1, 0.15) is 11.6 Å². The Morgan fingerprint density at radius 1 is 1.20 bits per heavy atom. The summed E-state index contributed by atoms with van der Waals surface area (Å²) in [6.45, 7) is 0. The predicted molar refractivity (Wildman–Crippen MR) is 71.9 cm³/mol. The van der Waals surface area contributed by atoms with E-state index in [4.69, 9.17) is 10.5 Å². The number of rotatable bonds is 3. The van der Waals surface area contributed by atoms with E-state index >= 15 is 0 Å². The fraction of sp³-hybridized carbons (Fsp3) is 0.154. The molecule has 0 bridgehead atoms. The molecule has 20 heavy (non-hydrogen) atoms. The molecule has 1 aromatic heterocycles. The normalized spacial score (nSPS) is 11.4. The lowest BCUT2D eigenvalue weighted by Crippen LogP contribution is -2.07. The molecule has 2 aromatic rings. The number of ether oxygens (including phenoxy) is 1. The molecule has 2 rings (SSSR count). The van der Waals surface area contributed by atoms with Gasteiger partial charge in [-0.05, 0) is 24.5 Å². The fourth-order valence-corrected chi connectivity index (χ4v) is 2.08. The van der Waals surface area contributed by atoms with Crippen molar-refractivity contribution in [3.05, 3.63) is 42.0 Å². The van der Waals surface area contributed by atoms with E-state index in [-0.39, 0.29) is 11.7 Å². The SMILES string of the molecule is CSc1ccccc1Oc1cc(C(F)(F)F)cc(N)n1. The minimum absolute atomic E-state index is 0.182. The number of benzene rings is 1. The number of thioether (sulfide) groups is 1. The maximum atomic E-state index is 12.7. The molecular formula is C13H11F3N2OS. The number of nitrogen functional groups attached to an aromatic ring is 1. The summed E-state index contributed by atoms with van der Waals surface area (Å²) < 4.78 is 43.5. The molecule has 106 valence electrons. The second-order valence-electron chi connectivity index (χ2n) is 3.87. The Bertz CT molecular complexity index is 617. The monoisotopic (exact) mass is 300 g/mol. The molecule has 0 saturated heterocycles. The van der Waals surface area contributed by atoms with Crippen LogP contribution < -0.4 is 10.5 Å². The van der Waals surface area contributed by atoms with Crippen molar-refractivity contribution >= 4 is 17.6 Å². The molecular weight excluding hydrogens is 289 g/mol. The first-order chi connectivity index (χ1) is 9.40. The number of nitrogens with two attached hydrogens (primary N) is 1. The molecule has 3 nitrogen and oxygen atoms in total. The standard InChI is InChI=1S/C13H11F3N2OS/c1-20-10-5-3-2-4-9(10)19-12-7-8(13(14,15)16)6-11(17)18-12/h2-7H,1H3,(H2,17,18). The zero-order chi connectivity index (χ0) is 14.8. The van der Waals surface area contributed by atoms with Gasteiger partial charge in [0.2, 0.25) is 5.88 Å². The van der Waals surface area contributed by atoms with E-state index in [1.807, 2.05) is 12.3 Å². The zero-order valence-electron chi connectivity index (χ0n) is 10.4. The summed E-state index contributed by atoms with van der Waals surface area (Å²) in [6, 6.07) is 8.60. The smallest absolute Gasteiger partial charge is 0.416 e. The van der Waals surface area contributed by atoms with E-state index in [1.54, 1.807) is 18.2 Å². The number of para-hydroxylation sites is 1. The van der Waals surface area contributed by atoms with Crippen LogP contribution in [0.5, 0.6) is 11.6 Å². The lowest BCUT2D eigenvalue weighted by Gasteiger charge is -2.12. The van der Waals surface area contributed by atoms with Crippen molar-refractivity contribution < 1.29 is 17.9 Å². The fourth-order valence-electron chi connectivity index (χ4n) is 1.56. The second kappa shape index (κ2) is 5.62. The minimum atomic E-state index is -4.49. The average molecular weight is 300 g/mol. The highest BCUT2D eigenvalue weighted by molar-refractivity contribution is 7.98. The van der Waals surface area contributed by atoms with Crippen LogP contribution in [0.15, 0.2) is 41.3 Å². The van der Waals surface area contributed by atoms with Gasteiger partial charge in [0.25, 0.3) is 0 Å². The molecule has 0 aliphatic rings. The lowest BCUT2D eigenvalue weighted by atomic mass is 10.2. The van der Waals surface area contributed by atoms with Gasteiger partial charge in [-0.3, -0.25) is 0 Å². The highest BCUT2D eigenvalue weighted by Crippen LogP contribution is 2.35. The number of aromatic nitrogens is 1. The first-order valence-corrected chi connectivity index (χ1v) is 6.78. The Morgan fingerprint density at radius 2 is 1.90 bits per heavy atom. The van der Waals surface area contributed by atoms with Crippen molar-refractivity contribution in [1.82, 2.24) is 4.98 Å². The van der Waals surface area contributed by atoms with Gasteiger partial charge in [0.15, 0.2) is 0 Å². The van der Waals surface area contributed by atoms with Crippen molar-refractivity contribution in [2.75, 3.05) is 12.0 Å². The quantitative estimate of drug-likeness (QED) is 0.863. The summed E-state index contributed by atoms with van der Waals surface area (Å²) in [4.78, 5) is 4.56. The van der Waals surface area contributed by atoms with Crippen molar-refractivity contribution in [3.8, 4) is 11.6 Å². The Hall–Kier alpha value is -1.89. The molecule has 1 aromatic carbocycles. The van der Waals surface area contributed by atoms with Gasteiger partial charge >= 0.3 is 6.18 Å². The molecule has 0 atom stereocenters. The van der Waals surface area contributed by atoms with Crippen LogP contribution in [0.2, 0.25) is 0 Å². The first-order valence-electron chi connectivity index (χ1n) is 5.56. The Kier molecular flexibility index (Phi) is 4.08. The van der Waals surface area contributed by atoms with E-state index in [0.717, 1.165) is 17.0 Å². The summed E-state index contributed by atoms with van der Waals surface area (Å²) in [5, 5.41) is 0. The molecule has 7 heteroatoms. The third-order valence-corrected chi connectivity index (χ3v) is 3.21. The van der Waals surface area contributed by atoms with Crippen LogP contribution in [0.3, 0.4) is 0 Å². The zero-order valence-corrected chi connectivity index (χ0v) is 11.3. The van der Waals surface area contributed by atoms with Crippen LogP contribution in [0.1, 0.15) is 5.56 Å². The molecule has 0 unspecified atom stereocenters. The summed E-state index contributed by atoms with van der Waals surface area (Å²) in [5.41, 5.74) is 4.50.